The fourth-order valence-corrected chi connectivity index (χ4v) is 1.78. The maximum Gasteiger partial charge on any atom is 0.0355 e. The molecular weight excluding hydrogens is 182 g/mol. The molecule has 1 rings (SSSR count). The second-order valence-electron chi connectivity index (χ2n) is 6.00. The van der Waals surface area contributed by atoms with Crippen molar-refractivity contribution in [3.05, 3.63) is 34.9 Å². The molecular formula is C14H23N. The minimum atomic E-state index is -0.259. The highest BCUT2D eigenvalue weighted by Gasteiger charge is 2.20. The molecule has 1 aromatic carbocycles. The Hall–Kier alpha value is -0.820. The normalized spacial score (nSPS) is 13.0. The first kappa shape index (κ1) is 12.3. The summed E-state index contributed by atoms with van der Waals surface area (Å²) in [5, 5.41) is 0. The van der Waals surface area contributed by atoms with Gasteiger partial charge in [0.2, 0.25) is 0 Å². The summed E-state index contributed by atoms with van der Waals surface area (Å²) in [4.78, 5) is 0. The first-order chi connectivity index (χ1) is 6.62. The van der Waals surface area contributed by atoms with E-state index in [4.69, 9.17) is 5.73 Å². The molecule has 0 unspecified atom stereocenters. The smallest absolute Gasteiger partial charge is 0.0355 e. The third-order valence-corrected chi connectivity index (χ3v) is 2.80. The molecule has 1 heteroatoms. The van der Waals surface area contributed by atoms with Crippen molar-refractivity contribution in [2.24, 2.45) is 5.73 Å². The van der Waals surface area contributed by atoms with Crippen LogP contribution in [0.25, 0.3) is 0 Å². The molecule has 0 amide bonds. The van der Waals surface area contributed by atoms with Crippen LogP contribution in [0.2, 0.25) is 0 Å². The van der Waals surface area contributed by atoms with Crippen molar-refractivity contribution in [2.45, 2.75) is 52.5 Å². The second kappa shape index (κ2) is 3.64. The second-order valence-corrected chi connectivity index (χ2v) is 6.00. The van der Waals surface area contributed by atoms with Gasteiger partial charge >= 0.3 is 0 Å². The molecule has 0 fully saturated rings. The van der Waals surface area contributed by atoms with Crippen LogP contribution in [0.3, 0.4) is 0 Å². The molecule has 1 aromatic rings. The van der Waals surface area contributed by atoms with Gasteiger partial charge in [0.15, 0.2) is 0 Å². The topological polar surface area (TPSA) is 26.0 Å². The van der Waals surface area contributed by atoms with E-state index in [9.17, 15) is 0 Å². The van der Waals surface area contributed by atoms with Gasteiger partial charge in [-0.3, -0.25) is 0 Å². The number of aryl methyl sites for hydroxylation is 1. The molecule has 0 saturated heterocycles. The molecule has 0 aliphatic carbocycles. The molecule has 0 spiro atoms. The first-order valence-corrected chi connectivity index (χ1v) is 5.53. The van der Waals surface area contributed by atoms with Gasteiger partial charge in [0.1, 0.15) is 0 Å². The predicted molar refractivity (Wildman–Crippen MR) is 67.1 cm³/mol. The molecule has 0 heterocycles. The lowest BCUT2D eigenvalue weighted by atomic mass is 9.82. The zero-order chi connectivity index (χ0) is 11.9. The van der Waals surface area contributed by atoms with E-state index < -0.39 is 0 Å². The van der Waals surface area contributed by atoms with Gasteiger partial charge in [-0.2, -0.15) is 0 Å². The van der Waals surface area contributed by atoms with Gasteiger partial charge in [0, 0.05) is 5.54 Å². The van der Waals surface area contributed by atoms with Gasteiger partial charge in [-0.1, -0.05) is 39.0 Å². The van der Waals surface area contributed by atoms with Crippen molar-refractivity contribution < 1.29 is 0 Å². The maximum atomic E-state index is 6.17. The van der Waals surface area contributed by atoms with Crippen molar-refractivity contribution in [1.29, 1.82) is 0 Å². The molecule has 0 aliphatic rings. The zero-order valence-electron chi connectivity index (χ0n) is 10.8. The van der Waals surface area contributed by atoms with Gasteiger partial charge in [-0.15, -0.1) is 0 Å². The highest BCUT2D eigenvalue weighted by Crippen LogP contribution is 2.28. The van der Waals surface area contributed by atoms with Crippen molar-refractivity contribution >= 4 is 0 Å². The summed E-state index contributed by atoms with van der Waals surface area (Å²) in [5.41, 5.74) is 9.97. The van der Waals surface area contributed by atoms with Crippen LogP contribution in [-0.4, -0.2) is 0 Å². The number of rotatable bonds is 1. The van der Waals surface area contributed by atoms with Crippen molar-refractivity contribution in [1.82, 2.24) is 0 Å². The highest BCUT2D eigenvalue weighted by atomic mass is 14.7. The minimum Gasteiger partial charge on any atom is -0.322 e. The standard InChI is InChI=1S/C14H23N/c1-10-7-8-11(13(2,3)4)9-12(10)14(5,6)15/h7-9H,15H2,1-6H3. The van der Waals surface area contributed by atoms with Gasteiger partial charge in [0.05, 0.1) is 0 Å². The Labute approximate surface area is 93.7 Å². The van der Waals surface area contributed by atoms with Crippen molar-refractivity contribution in [3.63, 3.8) is 0 Å². The lowest BCUT2D eigenvalue weighted by Gasteiger charge is -2.26. The molecule has 2 N–H and O–H groups in total. The third kappa shape index (κ3) is 2.82. The number of benzene rings is 1. The lowest BCUT2D eigenvalue weighted by molar-refractivity contribution is 0.541. The van der Waals surface area contributed by atoms with Crippen LogP contribution < -0.4 is 5.73 Å². The predicted octanol–water partition coefficient (Wildman–Crippen LogP) is 3.49. The van der Waals surface area contributed by atoms with E-state index in [1.54, 1.807) is 0 Å². The number of nitrogens with two attached hydrogens (primary N) is 1. The summed E-state index contributed by atoms with van der Waals surface area (Å²) in [5.74, 6) is 0. The molecule has 15 heavy (non-hydrogen) atoms. The maximum absolute atomic E-state index is 6.17. The Morgan fingerprint density at radius 3 is 1.93 bits per heavy atom. The van der Waals surface area contributed by atoms with Gasteiger partial charge in [0.25, 0.3) is 0 Å². The van der Waals surface area contributed by atoms with Crippen LogP contribution in [-0.2, 0) is 11.0 Å². The SMILES string of the molecule is Cc1ccc(C(C)(C)C)cc1C(C)(C)N. The van der Waals surface area contributed by atoms with Crippen LogP contribution in [0, 0.1) is 6.92 Å². The molecule has 0 atom stereocenters. The molecule has 0 radical (unpaired) electrons. The Bertz CT molecular complexity index is 351. The fourth-order valence-electron chi connectivity index (χ4n) is 1.78. The van der Waals surface area contributed by atoms with Crippen LogP contribution in [0.5, 0.6) is 0 Å². The summed E-state index contributed by atoms with van der Waals surface area (Å²) in [6.07, 6.45) is 0. The van der Waals surface area contributed by atoms with Crippen LogP contribution in [0.4, 0.5) is 0 Å². The van der Waals surface area contributed by atoms with E-state index in [0.717, 1.165) is 0 Å². The van der Waals surface area contributed by atoms with E-state index in [-0.39, 0.29) is 11.0 Å². The molecule has 84 valence electrons. The third-order valence-electron chi connectivity index (χ3n) is 2.80. The summed E-state index contributed by atoms with van der Waals surface area (Å²) < 4.78 is 0. The van der Waals surface area contributed by atoms with Crippen molar-refractivity contribution in [3.8, 4) is 0 Å². The quantitative estimate of drug-likeness (QED) is 0.746. The molecule has 0 aromatic heterocycles. The number of hydrogen-bond donors (Lipinski definition) is 1. The largest absolute Gasteiger partial charge is 0.322 e. The molecule has 1 nitrogen and oxygen atoms in total. The van der Waals surface area contributed by atoms with E-state index in [1.165, 1.54) is 16.7 Å². The van der Waals surface area contributed by atoms with Crippen LogP contribution in [0.1, 0.15) is 51.3 Å². The van der Waals surface area contributed by atoms with Gasteiger partial charge in [-0.25, -0.2) is 0 Å². The Kier molecular flexibility index (Phi) is 2.97. The highest BCUT2D eigenvalue weighted by molar-refractivity contribution is 5.38. The monoisotopic (exact) mass is 205 g/mol. The summed E-state index contributed by atoms with van der Waals surface area (Å²) >= 11 is 0. The lowest BCUT2D eigenvalue weighted by Crippen LogP contribution is -2.30. The number of hydrogen-bond acceptors (Lipinski definition) is 1. The fraction of sp³-hybridized carbons (Fsp3) is 0.571. The molecule has 0 saturated carbocycles. The van der Waals surface area contributed by atoms with E-state index in [1.807, 2.05) is 0 Å². The Balaban J connectivity index is 3.30. The zero-order valence-corrected chi connectivity index (χ0v) is 10.8. The first-order valence-electron chi connectivity index (χ1n) is 5.53. The van der Waals surface area contributed by atoms with E-state index in [2.05, 4.69) is 59.7 Å². The van der Waals surface area contributed by atoms with E-state index >= 15 is 0 Å². The summed E-state index contributed by atoms with van der Waals surface area (Å²) in [7, 11) is 0. The average Bonchev–Trinajstić information content (AvgIpc) is 2.00. The Morgan fingerprint density at radius 2 is 1.53 bits per heavy atom. The van der Waals surface area contributed by atoms with Gasteiger partial charge < -0.3 is 5.73 Å². The van der Waals surface area contributed by atoms with Crippen LogP contribution in [0.15, 0.2) is 18.2 Å². The van der Waals surface area contributed by atoms with Crippen LogP contribution >= 0.6 is 0 Å². The summed E-state index contributed by atoms with van der Waals surface area (Å²) in [6, 6.07) is 6.62. The molecule has 0 bridgehead atoms. The van der Waals surface area contributed by atoms with Crippen molar-refractivity contribution in [2.75, 3.05) is 0 Å². The summed E-state index contributed by atoms with van der Waals surface area (Å²) in [6.45, 7) is 12.9. The van der Waals surface area contributed by atoms with E-state index in [0.29, 0.717) is 0 Å². The molecule has 0 aliphatic heterocycles. The minimum absolute atomic E-state index is 0.188. The average molecular weight is 205 g/mol. The van der Waals surface area contributed by atoms with Gasteiger partial charge in [-0.05, 0) is 42.9 Å². The Morgan fingerprint density at radius 1 is 1.00 bits per heavy atom.